The minimum absolute atomic E-state index is 0.180. The molecule has 1 heterocycles. The van der Waals surface area contributed by atoms with Crippen LogP contribution in [0.3, 0.4) is 0 Å². The first kappa shape index (κ1) is 13.9. The zero-order chi connectivity index (χ0) is 13.2. The molecule has 6 heteroatoms. The first-order valence-electron chi connectivity index (χ1n) is 5.28. The quantitative estimate of drug-likeness (QED) is 0.790. The zero-order valence-corrected chi connectivity index (χ0v) is 11.2. The van der Waals surface area contributed by atoms with E-state index >= 15 is 0 Å². The predicted molar refractivity (Wildman–Crippen MR) is 67.8 cm³/mol. The molecular formula is C11H17ClN4O. The van der Waals surface area contributed by atoms with Gasteiger partial charge in [-0.2, -0.15) is 0 Å². The van der Waals surface area contributed by atoms with Crippen molar-refractivity contribution in [1.29, 1.82) is 0 Å². The third-order valence-corrected chi connectivity index (χ3v) is 2.47. The van der Waals surface area contributed by atoms with Gasteiger partial charge in [0.2, 0.25) is 11.9 Å². The molecule has 1 atom stereocenters. The highest BCUT2D eigenvalue weighted by Crippen LogP contribution is 2.18. The minimum Gasteiger partial charge on any atom is -0.319 e. The summed E-state index contributed by atoms with van der Waals surface area (Å²) in [5.41, 5.74) is 6.18. The topological polar surface area (TPSA) is 80.9 Å². The molecule has 17 heavy (non-hydrogen) atoms. The molecular weight excluding hydrogens is 240 g/mol. The van der Waals surface area contributed by atoms with Crippen LogP contribution in [-0.4, -0.2) is 21.9 Å². The lowest BCUT2D eigenvalue weighted by Gasteiger charge is -2.25. The number of nitrogens with one attached hydrogen (secondary N) is 1. The molecule has 5 nitrogen and oxygen atoms in total. The number of carbonyl (C=O) groups is 1. The van der Waals surface area contributed by atoms with Crippen molar-refractivity contribution in [2.24, 2.45) is 11.1 Å². The van der Waals surface area contributed by atoms with Crippen LogP contribution in [0.2, 0.25) is 5.15 Å². The molecule has 0 saturated heterocycles. The van der Waals surface area contributed by atoms with E-state index in [1.165, 1.54) is 0 Å². The second-order valence-electron chi connectivity index (χ2n) is 4.99. The first-order chi connectivity index (χ1) is 7.70. The summed E-state index contributed by atoms with van der Waals surface area (Å²) in [5.74, 6) is -0.140. The predicted octanol–water partition coefficient (Wildman–Crippen LogP) is 1.75. The number of rotatable bonds is 2. The Hall–Kier alpha value is -1.20. The molecule has 3 N–H and O–H groups in total. The summed E-state index contributed by atoms with van der Waals surface area (Å²) >= 11 is 5.77. The van der Waals surface area contributed by atoms with Gasteiger partial charge in [-0.3, -0.25) is 10.1 Å². The molecule has 1 unspecified atom stereocenters. The van der Waals surface area contributed by atoms with Crippen LogP contribution in [0.4, 0.5) is 5.95 Å². The van der Waals surface area contributed by atoms with E-state index in [4.69, 9.17) is 17.3 Å². The molecule has 1 amide bonds. The molecule has 0 fully saturated rings. The minimum atomic E-state index is -0.634. The molecule has 0 aromatic carbocycles. The molecule has 0 radical (unpaired) electrons. The third kappa shape index (κ3) is 3.94. The molecule has 0 aliphatic carbocycles. The molecule has 0 aliphatic rings. The number of anilines is 1. The standard InChI is InChI=1S/C11H17ClN4O/c1-6-5-7(12)15-10(14-6)16-9(17)8(13)11(2,3)4/h5,8H,13H2,1-4H3,(H,14,15,16,17). The lowest BCUT2D eigenvalue weighted by atomic mass is 9.87. The van der Waals surface area contributed by atoms with Crippen LogP contribution in [0.15, 0.2) is 6.07 Å². The van der Waals surface area contributed by atoms with Crippen molar-refractivity contribution in [3.8, 4) is 0 Å². The molecule has 1 aromatic rings. The summed E-state index contributed by atoms with van der Waals surface area (Å²) in [5, 5.41) is 2.85. The van der Waals surface area contributed by atoms with Crippen molar-refractivity contribution in [2.45, 2.75) is 33.7 Å². The fraction of sp³-hybridized carbons (Fsp3) is 0.545. The van der Waals surface area contributed by atoms with E-state index in [1.54, 1.807) is 13.0 Å². The molecule has 0 spiro atoms. The average Bonchev–Trinajstić information content (AvgIpc) is 2.13. The second kappa shape index (κ2) is 4.98. The third-order valence-electron chi connectivity index (χ3n) is 2.27. The smallest absolute Gasteiger partial charge is 0.244 e. The van der Waals surface area contributed by atoms with Gasteiger partial charge < -0.3 is 5.73 Å². The summed E-state index contributed by atoms with van der Waals surface area (Å²) in [7, 11) is 0. The summed E-state index contributed by atoms with van der Waals surface area (Å²) < 4.78 is 0. The molecule has 0 saturated carbocycles. The number of aromatic nitrogens is 2. The fourth-order valence-corrected chi connectivity index (χ4v) is 1.41. The first-order valence-corrected chi connectivity index (χ1v) is 5.65. The molecule has 0 aliphatic heterocycles. The Balaban J connectivity index is 2.81. The normalized spacial score (nSPS) is 13.3. The van der Waals surface area contributed by atoms with Crippen molar-refractivity contribution < 1.29 is 4.79 Å². The molecule has 1 aromatic heterocycles. The van der Waals surface area contributed by atoms with Gasteiger partial charge in [0.15, 0.2) is 0 Å². The van der Waals surface area contributed by atoms with E-state index in [-0.39, 0.29) is 22.4 Å². The van der Waals surface area contributed by atoms with Crippen LogP contribution < -0.4 is 11.1 Å². The van der Waals surface area contributed by atoms with E-state index in [2.05, 4.69) is 15.3 Å². The largest absolute Gasteiger partial charge is 0.319 e. The molecule has 0 bridgehead atoms. The van der Waals surface area contributed by atoms with Gasteiger partial charge in [-0.15, -0.1) is 0 Å². The average molecular weight is 257 g/mol. The second-order valence-corrected chi connectivity index (χ2v) is 5.38. The maximum atomic E-state index is 11.8. The SMILES string of the molecule is Cc1cc(Cl)nc(NC(=O)C(N)C(C)(C)C)n1. The van der Waals surface area contributed by atoms with E-state index in [1.807, 2.05) is 20.8 Å². The van der Waals surface area contributed by atoms with Crippen molar-refractivity contribution >= 4 is 23.5 Å². The van der Waals surface area contributed by atoms with Crippen molar-refractivity contribution in [3.63, 3.8) is 0 Å². The summed E-state index contributed by atoms with van der Waals surface area (Å²) in [4.78, 5) is 19.8. The van der Waals surface area contributed by atoms with E-state index in [9.17, 15) is 4.79 Å². The van der Waals surface area contributed by atoms with Gasteiger partial charge in [0, 0.05) is 5.69 Å². The Morgan fingerprint density at radius 3 is 2.53 bits per heavy atom. The summed E-state index contributed by atoms with van der Waals surface area (Å²) in [6.07, 6.45) is 0. The Kier molecular flexibility index (Phi) is 4.06. The number of nitrogens with zero attached hydrogens (tertiary/aromatic N) is 2. The van der Waals surface area contributed by atoms with E-state index < -0.39 is 6.04 Å². The van der Waals surface area contributed by atoms with Crippen molar-refractivity contribution in [1.82, 2.24) is 9.97 Å². The number of amides is 1. The van der Waals surface area contributed by atoms with Crippen LogP contribution in [-0.2, 0) is 4.79 Å². The Bertz CT molecular complexity index is 408. The van der Waals surface area contributed by atoms with Gasteiger partial charge in [-0.25, -0.2) is 9.97 Å². The van der Waals surface area contributed by atoms with Gasteiger partial charge in [0.25, 0.3) is 0 Å². The highest BCUT2D eigenvalue weighted by Gasteiger charge is 2.27. The number of aryl methyl sites for hydroxylation is 1. The van der Waals surface area contributed by atoms with Gasteiger partial charge in [0.1, 0.15) is 5.15 Å². The van der Waals surface area contributed by atoms with Crippen LogP contribution in [0.1, 0.15) is 26.5 Å². The van der Waals surface area contributed by atoms with E-state index in [0.717, 1.165) is 0 Å². The zero-order valence-electron chi connectivity index (χ0n) is 10.4. The lowest BCUT2D eigenvalue weighted by Crippen LogP contribution is -2.45. The number of hydrogen-bond donors (Lipinski definition) is 2. The lowest BCUT2D eigenvalue weighted by molar-refractivity contribution is -0.119. The molecule has 94 valence electrons. The van der Waals surface area contributed by atoms with Gasteiger partial charge in [-0.1, -0.05) is 32.4 Å². The monoisotopic (exact) mass is 256 g/mol. The van der Waals surface area contributed by atoms with Gasteiger partial charge >= 0.3 is 0 Å². The van der Waals surface area contributed by atoms with Crippen LogP contribution in [0.25, 0.3) is 0 Å². The number of nitrogens with two attached hydrogens (primary N) is 1. The maximum Gasteiger partial charge on any atom is 0.244 e. The Labute approximate surface area is 106 Å². The number of hydrogen-bond acceptors (Lipinski definition) is 4. The number of halogens is 1. The van der Waals surface area contributed by atoms with Crippen LogP contribution in [0, 0.1) is 12.3 Å². The number of carbonyl (C=O) groups excluding carboxylic acids is 1. The summed E-state index contributed by atoms with van der Waals surface area (Å²) in [6.45, 7) is 7.44. The highest BCUT2D eigenvalue weighted by atomic mass is 35.5. The van der Waals surface area contributed by atoms with Gasteiger partial charge in [-0.05, 0) is 18.4 Å². The van der Waals surface area contributed by atoms with Crippen LogP contribution in [0.5, 0.6) is 0 Å². The Morgan fingerprint density at radius 1 is 1.47 bits per heavy atom. The van der Waals surface area contributed by atoms with Crippen molar-refractivity contribution in [3.05, 3.63) is 16.9 Å². The fourth-order valence-electron chi connectivity index (χ4n) is 1.17. The maximum absolute atomic E-state index is 11.8. The van der Waals surface area contributed by atoms with Crippen molar-refractivity contribution in [2.75, 3.05) is 5.32 Å². The van der Waals surface area contributed by atoms with Gasteiger partial charge in [0.05, 0.1) is 6.04 Å². The highest BCUT2D eigenvalue weighted by molar-refractivity contribution is 6.29. The van der Waals surface area contributed by atoms with Crippen LogP contribution >= 0.6 is 11.6 Å². The molecule has 1 rings (SSSR count). The van der Waals surface area contributed by atoms with E-state index in [0.29, 0.717) is 5.69 Å². The summed E-state index contributed by atoms with van der Waals surface area (Å²) in [6, 6.07) is 0.978. The Morgan fingerprint density at radius 2 is 2.06 bits per heavy atom.